The number of furan rings is 1. The molecule has 15 heavy (non-hydrogen) atoms. The highest BCUT2D eigenvalue weighted by molar-refractivity contribution is 5.28. The highest BCUT2D eigenvalue weighted by Gasteiger charge is 2.16. The average molecular weight is 202 g/mol. The van der Waals surface area contributed by atoms with Crippen LogP contribution in [0, 0.1) is 6.92 Å². The zero-order chi connectivity index (χ0) is 10.7. The average Bonchev–Trinajstić information content (AvgIpc) is 2.75. The smallest absolute Gasteiger partial charge is 0.125 e. The first kappa shape index (κ1) is 9.93. The Morgan fingerprint density at radius 1 is 1.33 bits per heavy atom. The second-order valence-corrected chi connectivity index (χ2v) is 3.42. The van der Waals surface area contributed by atoms with Crippen LogP contribution in [0.25, 0.3) is 0 Å². The third-order valence-electron chi connectivity index (χ3n) is 2.48. The van der Waals surface area contributed by atoms with E-state index < -0.39 is 0 Å². The Hall–Kier alpha value is -1.61. The fourth-order valence-corrected chi connectivity index (χ4v) is 1.71. The molecule has 2 rings (SSSR count). The molecule has 3 heteroatoms. The second-order valence-electron chi connectivity index (χ2n) is 3.42. The minimum atomic E-state index is 0.0775. The topological polar surface area (TPSA) is 38.1 Å². The maximum absolute atomic E-state index is 5.41. The van der Waals surface area contributed by atoms with Crippen molar-refractivity contribution in [2.75, 3.05) is 7.05 Å². The standard InChI is InChI=1S/C12H14N2O/c1-9-10(5-3-7-14-9)12(13-2)11-6-4-8-15-11/h3-8,12-13H,1-2H3. The van der Waals surface area contributed by atoms with Gasteiger partial charge in [0.05, 0.1) is 12.3 Å². The molecule has 0 saturated heterocycles. The van der Waals surface area contributed by atoms with Crippen molar-refractivity contribution in [2.45, 2.75) is 13.0 Å². The summed E-state index contributed by atoms with van der Waals surface area (Å²) in [6.45, 7) is 2.00. The molecule has 2 heterocycles. The summed E-state index contributed by atoms with van der Waals surface area (Å²) in [7, 11) is 1.92. The van der Waals surface area contributed by atoms with E-state index in [4.69, 9.17) is 4.42 Å². The minimum absolute atomic E-state index is 0.0775. The lowest BCUT2D eigenvalue weighted by molar-refractivity contribution is 0.462. The van der Waals surface area contributed by atoms with Crippen LogP contribution >= 0.6 is 0 Å². The molecule has 0 radical (unpaired) electrons. The van der Waals surface area contributed by atoms with Gasteiger partial charge in [0, 0.05) is 11.9 Å². The van der Waals surface area contributed by atoms with E-state index in [2.05, 4.69) is 16.4 Å². The van der Waals surface area contributed by atoms with Gasteiger partial charge in [-0.15, -0.1) is 0 Å². The molecule has 0 saturated carbocycles. The Morgan fingerprint density at radius 3 is 2.80 bits per heavy atom. The van der Waals surface area contributed by atoms with E-state index in [1.807, 2.05) is 32.2 Å². The van der Waals surface area contributed by atoms with Crippen LogP contribution in [0.1, 0.15) is 23.1 Å². The molecule has 0 aliphatic carbocycles. The van der Waals surface area contributed by atoms with Crippen LogP contribution in [-0.4, -0.2) is 12.0 Å². The molecular formula is C12H14N2O. The molecular weight excluding hydrogens is 188 g/mol. The Bertz CT molecular complexity index is 423. The fourth-order valence-electron chi connectivity index (χ4n) is 1.71. The molecule has 0 aliphatic rings. The lowest BCUT2D eigenvalue weighted by Gasteiger charge is -2.15. The predicted octanol–water partition coefficient (Wildman–Crippen LogP) is 2.29. The van der Waals surface area contributed by atoms with E-state index in [-0.39, 0.29) is 6.04 Å². The first-order valence-electron chi connectivity index (χ1n) is 4.95. The largest absolute Gasteiger partial charge is 0.467 e. The monoisotopic (exact) mass is 202 g/mol. The molecule has 3 nitrogen and oxygen atoms in total. The van der Waals surface area contributed by atoms with Gasteiger partial charge in [0.2, 0.25) is 0 Å². The molecule has 1 unspecified atom stereocenters. The van der Waals surface area contributed by atoms with Crippen LogP contribution in [-0.2, 0) is 0 Å². The number of hydrogen-bond acceptors (Lipinski definition) is 3. The maximum Gasteiger partial charge on any atom is 0.125 e. The van der Waals surface area contributed by atoms with Crippen molar-refractivity contribution < 1.29 is 4.42 Å². The molecule has 0 fully saturated rings. The van der Waals surface area contributed by atoms with Crippen LogP contribution in [0.3, 0.4) is 0 Å². The fraction of sp³-hybridized carbons (Fsp3) is 0.250. The van der Waals surface area contributed by atoms with E-state index in [0.717, 1.165) is 17.0 Å². The van der Waals surface area contributed by atoms with Crippen molar-refractivity contribution in [3.8, 4) is 0 Å². The minimum Gasteiger partial charge on any atom is -0.467 e. The number of nitrogens with one attached hydrogen (secondary N) is 1. The van der Waals surface area contributed by atoms with E-state index >= 15 is 0 Å². The number of hydrogen-bond donors (Lipinski definition) is 1. The van der Waals surface area contributed by atoms with Crippen LogP contribution in [0.4, 0.5) is 0 Å². The molecule has 0 spiro atoms. The summed E-state index contributed by atoms with van der Waals surface area (Å²) in [6.07, 6.45) is 3.49. The van der Waals surface area contributed by atoms with Crippen LogP contribution < -0.4 is 5.32 Å². The predicted molar refractivity (Wildman–Crippen MR) is 58.6 cm³/mol. The van der Waals surface area contributed by atoms with Gasteiger partial charge in [0.25, 0.3) is 0 Å². The summed E-state index contributed by atoms with van der Waals surface area (Å²) < 4.78 is 5.41. The zero-order valence-electron chi connectivity index (χ0n) is 8.90. The maximum atomic E-state index is 5.41. The van der Waals surface area contributed by atoms with E-state index in [9.17, 15) is 0 Å². The third kappa shape index (κ3) is 1.92. The van der Waals surface area contributed by atoms with E-state index in [1.54, 1.807) is 12.5 Å². The van der Waals surface area contributed by atoms with Crippen molar-refractivity contribution in [3.05, 3.63) is 53.7 Å². The SMILES string of the molecule is CNC(c1ccco1)c1cccnc1C. The Balaban J connectivity index is 2.40. The van der Waals surface area contributed by atoms with Crippen molar-refractivity contribution in [1.29, 1.82) is 0 Å². The number of aromatic nitrogens is 1. The molecule has 78 valence electrons. The molecule has 2 aromatic heterocycles. The molecule has 1 N–H and O–H groups in total. The van der Waals surface area contributed by atoms with E-state index in [1.165, 1.54) is 0 Å². The van der Waals surface area contributed by atoms with Gasteiger partial charge in [0.15, 0.2) is 0 Å². The van der Waals surface area contributed by atoms with Crippen molar-refractivity contribution in [2.24, 2.45) is 0 Å². The number of rotatable bonds is 3. The van der Waals surface area contributed by atoms with Gasteiger partial charge >= 0.3 is 0 Å². The van der Waals surface area contributed by atoms with Gasteiger partial charge in [-0.1, -0.05) is 6.07 Å². The third-order valence-corrected chi connectivity index (χ3v) is 2.48. The van der Waals surface area contributed by atoms with Gasteiger partial charge < -0.3 is 9.73 Å². The first-order chi connectivity index (χ1) is 7.33. The number of pyridine rings is 1. The molecule has 1 atom stereocenters. The summed E-state index contributed by atoms with van der Waals surface area (Å²) in [6, 6.07) is 7.94. The Labute approximate surface area is 89.1 Å². The van der Waals surface area contributed by atoms with Crippen molar-refractivity contribution >= 4 is 0 Å². The number of nitrogens with zero attached hydrogens (tertiary/aromatic N) is 1. The zero-order valence-corrected chi connectivity index (χ0v) is 8.90. The Kier molecular flexibility index (Phi) is 2.83. The summed E-state index contributed by atoms with van der Waals surface area (Å²) in [5, 5.41) is 3.23. The summed E-state index contributed by atoms with van der Waals surface area (Å²) in [4.78, 5) is 4.28. The molecule has 0 aliphatic heterocycles. The van der Waals surface area contributed by atoms with Crippen molar-refractivity contribution in [1.82, 2.24) is 10.3 Å². The molecule has 0 bridgehead atoms. The summed E-state index contributed by atoms with van der Waals surface area (Å²) in [5.41, 5.74) is 2.17. The lowest BCUT2D eigenvalue weighted by atomic mass is 10.0. The van der Waals surface area contributed by atoms with Gasteiger partial charge in [-0.2, -0.15) is 0 Å². The molecule has 0 amide bonds. The normalized spacial score (nSPS) is 12.7. The van der Waals surface area contributed by atoms with Crippen molar-refractivity contribution in [3.63, 3.8) is 0 Å². The van der Waals surface area contributed by atoms with Gasteiger partial charge in [-0.25, -0.2) is 0 Å². The van der Waals surface area contributed by atoms with Gasteiger partial charge in [-0.3, -0.25) is 4.98 Å². The van der Waals surface area contributed by atoms with Gasteiger partial charge in [0.1, 0.15) is 5.76 Å². The second kappa shape index (κ2) is 4.28. The Morgan fingerprint density at radius 2 is 2.20 bits per heavy atom. The number of aryl methyl sites for hydroxylation is 1. The van der Waals surface area contributed by atoms with Gasteiger partial charge in [-0.05, 0) is 37.7 Å². The highest BCUT2D eigenvalue weighted by Crippen LogP contribution is 2.23. The molecule has 0 aromatic carbocycles. The van der Waals surface area contributed by atoms with Crippen LogP contribution in [0.15, 0.2) is 41.1 Å². The first-order valence-corrected chi connectivity index (χ1v) is 4.95. The molecule has 2 aromatic rings. The quantitative estimate of drug-likeness (QED) is 0.829. The van der Waals surface area contributed by atoms with Crippen LogP contribution in [0.2, 0.25) is 0 Å². The highest BCUT2D eigenvalue weighted by atomic mass is 16.3. The lowest BCUT2D eigenvalue weighted by Crippen LogP contribution is -2.18. The summed E-state index contributed by atoms with van der Waals surface area (Å²) >= 11 is 0. The van der Waals surface area contributed by atoms with Crippen LogP contribution in [0.5, 0.6) is 0 Å². The summed E-state index contributed by atoms with van der Waals surface area (Å²) in [5.74, 6) is 0.911. The van der Waals surface area contributed by atoms with E-state index in [0.29, 0.717) is 0 Å².